The molecule has 2 rings (SSSR count). The average molecular weight is 462 g/mol. The molecule has 182 valence electrons. The van der Waals surface area contributed by atoms with E-state index in [4.69, 9.17) is 34.4 Å². The first kappa shape index (κ1) is 27.9. The second kappa shape index (κ2) is 16.5. The summed E-state index contributed by atoms with van der Waals surface area (Å²) in [6.45, 7) is 6.07. The number of hydrogen-bond donors (Lipinski definition) is 3. The number of aliphatic hydroxyl groups is 1. The van der Waals surface area contributed by atoms with E-state index in [9.17, 15) is 0 Å². The van der Waals surface area contributed by atoms with Crippen LogP contribution in [0.15, 0.2) is 48.5 Å². The van der Waals surface area contributed by atoms with Crippen molar-refractivity contribution in [2.75, 3.05) is 40.0 Å². The zero-order chi connectivity index (χ0) is 24.5. The topological polar surface area (TPSA) is 117 Å². The van der Waals surface area contributed by atoms with Crippen molar-refractivity contribution in [2.24, 2.45) is 0 Å². The fourth-order valence-corrected chi connectivity index (χ4v) is 3.15. The maximum Gasteiger partial charge on any atom is 0.414 e. The number of benzene rings is 2. The predicted octanol–water partition coefficient (Wildman–Crippen LogP) is 3.11. The van der Waals surface area contributed by atoms with Gasteiger partial charge in [0.2, 0.25) is 0 Å². The zero-order valence-corrected chi connectivity index (χ0v) is 19.4. The van der Waals surface area contributed by atoms with Gasteiger partial charge in [-0.1, -0.05) is 43.3 Å². The van der Waals surface area contributed by atoms with Gasteiger partial charge in [-0.3, -0.25) is 0 Å². The summed E-state index contributed by atoms with van der Waals surface area (Å²) >= 11 is 0. The molecule has 0 unspecified atom stereocenters. The molecule has 8 nitrogen and oxygen atoms in total. The Bertz CT molecular complexity index is 815. The number of carboxylic acid groups (broad SMARTS) is 2. The number of hydrogen-bond acceptors (Lipinski definition) is 6. The molecule has 0 heterocycles. The van der Waals surface area contributed by atoms with Crippen LogP contribution < -0.4 is 9.47 Å². The maximum atomic E-state index is 9.10. The molecule has 0 aliphatic carbocycles. The predicted molar refractivity (Wildman–Crippen MR) is 126 cm³/mol. The van der Waals surface area contributed by atoms with Gasteiger partial charge in [-0.2, -0.15) is 0 Å². The Morgan fingerprint density at radius 3 is 2.15 bits per heavy atom. The number of nitrogens with zero attached hydrogens (tertiary/aromatic N) is 1. The van der Waals surface area contributed by atoms with E-state index in [1.807, 2.05) is 12.1 Å². The van der Waals surface area contributed by atoms with Gasteiger partial charge < -0.3 is 29.7 Å². The lowest BCUT2D eigenvalue weighted by molar-refractivity contribution is -0.159. The number of carbonyl (C=O) groups is 2. The molecular weight excluding hydrogens is 426 g/mol. The summed E-state index contributed by atoms with van der Waals surface area (Å²) in [6.07, 6.45) is 3.79. The summed E-state index contributed by atoms with van der Waals surface area (Å²) in [5.41, 5.74) is 2.52. The van der Waals surface area contributed by atoms with E-state index in [1.54, 1.807) is 7.11 Å². The van der Waals surface area contributed by atoms with Gasteiger partial charge in [0.05, 0.1) is 13.7 Å². The van der Waals surface area contributed by atoms with Crippen molar-refractivity contribution in [3.05, 3.63) is 59.7 Å². The highest BCUT2D eigenvalue weighted by Gasteiger charge is 2.09. The lowest BCUT2D eigenvalue weighted by Gasteiger charge is -2.21. The maximum absolute atomic E-state index is 9.10. The van der Waals surface area contributed by atoms with Gasteiger partial charge in [0, 0.05) is 26.1 Å². The lowest BCUT2D eigenvalue weighted by atomic mass is 10.1. The third-order valence-corrected chi connectivity index (χ3v) is 4.79. The molecule has 0 saturated carbocycles. The molecule has 0 bridgehead atoms. The molecule has 0 aliphatic rings. The third kappa shape index (κ3) is 11.9. The Labute approximate surface area is 195 Å². The van der Waals surface area contributed by atoms with Crippen molar-refractivity contribution >= 4 is 11.9 Å². The van der Waals surface area contributed by atoms with Crippen LogP contribution >= 0.6 is 0 Å². The van der Waals surface area contributed by atoms with Gasteiger partial charge in [0.1, 0.15) is 0 Å². The molecule has 0 fully saturated rings. The summed E-state index contributed by atoms with van der Waals surface area (Å²) in [4.78, 5) is 20.6. The van der Waals surface area contributed by atoms with E-state index in [0.29, 0.717) is 6.61 Å². The molecule has 0 saturated heterocycles. The summed E-state index contributed by atoms with van der Waals surface area (Å²) in [7, 11) is 1.68. The Hall–Kier alpha value is -3.10. The van der Waals surface area contributed by atoms with Crippen molar-refractivity contribution < 1.29 is 34.4 Å². The van der Waals surface area contributed by atoms with Gasteiger partial charge in [-0.25, -0.2) is 9.59 Å². The summed E-state index contributed by atoms with van der Waals surface area (Å²) in [5, 5.41) is 23.9. The third-order valence-electron chi connectivity index (χ3n) is 4.79. The van der Waals surface area contributed by atoms with E-state index in [0.717, 1.165) is 56.8 Å². The van der Waals surface area contributed by atoms with Crippen LogP contribution in [0.2, 0.25) is 0 Å². The van der Waals surface area contributed by atoms with E-state index in [-0.39, 0.29) is 6.61 Å². The van der Waals surface area contributed by atoms with Crippen LogP contribution in [0, 0.1) is 0 Å². The van der Waals surface area contributed by atoms with Crippen LogP contribution in [0.5, 0.6) is 11.5 Å². The van der Waals surface area contributed by atoms with Crippen molar-refractivity contribution in [1.82, 2.24) is 4.90 Å². The molecule has 0 aromatic heterocycles. The fourth-order valence-electron chi connectivity index (χ4n) is 3.15. The number of ether oxygens (including phenoxy) is 2. The molecule has 0 radical (unpaired) electrons. The molecular formula is C25H35NO7. The fraction of sp³-hybridized carbons (Fsp3) is 0.440. The van der Waals surface area contributed by atoms with Crippen molar-refractivity contribution in [3.63, 3.8) is 0 Å². The first-order chi connectivity index (χ1) is 15.9. The summed E-state index contributed by atoms with van der Waals surface area (Å²) in [5.74, 6) is -2.06. The molecule has 2 aromatic carbocycles. The Kier molecular flexibility index (Phi) is 14.0. The molecule has 0 atom stereocenters. The normalized spacial score (nSPS) is 10.3. The quantitative estimate of drug-likeness (QED) is 0.390. The van der Waals surface area contributed by atoms with E-state index >= 15 is 0 Å². The zero-order valence-electron chi connectivity index (χ0n) is 19.4. The second-order valence-electron chi connectivity index (χ2n) is 7.35. The second-order valence-corrected chi connectivity index (χ2v) is 7.35. The van der Waals surface area contributed by atoms with Crippen molar-refractivity contribution in [1.29, 1.82) is 0 Å². The Morgan fingerprint density at radius 1 is 0.879 bits per heavy atom. The standard InChI is InChI=1S/C23H33NO3.C2H2O4/c1-3-14-24(15-7-17-25)16-12-21-10-11-22(26-2)23(19-21)27-18-13-20-8-5-4-6-9-20;3-1(4)2(5)6/h4-6,8-11,19,25H,3,7,12-18H2,1-2H3;(H,3,4)(H,5,6). The molecule has 3 N–H and O–H groups in total. The van der Waals surface area contributed by atoms with Crippen LogP contribution in [0.1, 0.15) is 30.9 Å². The molecule has 2 aromatic rings. The number of aliphatic hydroxyl groups excluding tert-OH is 1. The first-order valence-electron chi connectivity index (χ1n) is 11.0. The van der Waals surface area contributed by atoms with E-state index in [2.05, 4.69) is 48.2 Å². The monoisotopic (exact) mass is 461 g/mol. The summed E-state index contributed by atoms with van der Waals surface area (Å²) < 4.78 is 11.5. The van der Waals surface area contributed by atoms with Gasteiger partial charge in [0.25, 0.3) is 0 Å². The minimum absolute atomic E-state index is 0.252. The highest BCUT2D eigenvalue weighted by atomic mass is 16.5. The Morgan fingerprint density at radius 2 is 1.58 bits per heavy atom. The molecule has 33 heavy (non-hydrogen) atoms. The van der Waals surface area contributed by atoms with Gasteiger partial charge in [-0.05, 0) is 49.1 Å². The van der Waals surface area contributed by atoms with Crippen LogP contribution in [0.4, 0.5) is 0 Å². The van der Waals surface area contributed by atoms with E-state index in [1.165, 1.54) is 11.1 Å². The van der Waals surface area contributed by atoms with Crippen molar-refractivity contribution in [3.8, 4) is 11.5 Å². The Balaban J connectivity index is 0.000000801. The lowest BCUT2D eigenvalue weighted by Crippen LogP contribution is -2.28. The van der Waals surface area contributed by atoms with Gasteiger partial charge >= 0.3 is 11.9 Å². The molecule has 8 heteroatoms. The number of carboxylic acids is 2. The summed E-state index contributed by atoms with van der Waals surface area (Å²) in [6, 6.07) is 16.6. The largest absolute Gasteiger partial charge is 0.493 e. The van der Waals surface area contributed by atoms with Crippen LogP contribution in [0.3, 0.4) is 0 Å². The molecule has 0 amide bonds. The number of aliphatic carboxylic acids is 2. The first-order valence-corrected chi connectivity index (χ1v) is 11.0. The highest BCUT2D eigenvalue weighted by molar-refractivity contribution is 6.27. The van der Waals surface area contributed by atoms with Gasteiger partial charge in [-0.15, -0.1) is 0 Å². The average Bonchev–Trinajstić information content (AvgIpc) is 2.82. The minimum Gasteiger partial charge on any atom is -0.493 e. The minimum atomic E-state index is -1.82. The van der Waals surface area contributed by atoms with Crippen LogP contribution in [0.25, 0.3) is 0 Å². The van der Waals surface area contributed by atoms with Crippen molar-refractivity contribution in [2.45, 2.75) is 32.6 Å². The smallest absolute Gasteiger partial charge is 0.414 e. The molecule has 0 aliphatic heterocycles. The SMILES string of the molecule is CCCN(CCCO)CCc1ccc(OC)c(OCCc2ccccc2)c1.O=C(O)C(=O)O. The van der Waals surface area contributed by atoms with E-state index < -0.39 is 11.9 Å². The highest BCUT2D eigenvalue weighted by Crippen LogP contribution is 2.28. The number of methoxy groups -OCH3 is 1. The van der Waals surface area contributed by atoms with Crippen LogP contribution in [-0.4, -0.2) is 72.1 Å². The number of rotatable bonds is 13. The van der Waals surface area contributed by atoms with Gasteiger partial charge in [0.15, 0.2) is 11.5 Å². The molecule has 0 spiro atoms. The van der Waals surface area contributed by atoms with Crippen LogP contribution in [-0.2, 0) is 22.4 Å².